The van der Waals surface area contributed by atoms with Gasteiger partial charge >= 0.3 is 0 Å². The number of ether oxygens (including phenoxy) is 1. The lowest BCUT2D eigenvalue weighted by Gasteiger charge is -2.25. The Morgan fingerprint density at radius 2 is 2.00 bits per heavy atom. The maximum atomic E-state index is 12.3. The van der Waals surface area contributed by atoms with Gasteiger partial charge in [-0.15, -0.1) is 5.10 Å². The van der Waals surface area contributed by atoms with Gasteiger partial charge in [-0.1, -0.05) is 11.3 Å². The number of nitrogens with zero attached hydrogens (tertiary/aromatic N) is 6. The van der Waals surface area contributed by atoms with Gasteiger partial charge in [0, 0.05) is 31.1 Å². The topological polar surface area (TPSA) is 86.0 Å². The summed E-state index contributed by atoms with van der Waals surface area (Å²) in [6.07, 6.45) is 2.15. The van der Waals surface area contributed by atoms with Gasteiger partial charge < -0.3 is 4.74 Å². The zero-order chi connectivity index (χ0) is 17.9. The smallest absolute Gasteiger partial charge is 0.152 e. The minimum absolute atomic E-state index is 0.144. The number of ketones is 1. The van der Waals surface area contributed by atoms with Gasteiger partial charge in [-0.05, 0) is 18.2 Å². The molecule has 8 nitrogen and oxygen atoms in total. The third-order valence-corrected chi connectivity index (χ3v) is 4.42. The Labute approximate surface area is 150 Å². The number of hydrogen-bond acceptors (Lipinski definition) is 7. The number of rotatable bonds is 5. The van der Waals surface area contributed by atoms with Crippen molar-refractivity contribution in [1.29, 1.82) is 0 Å². The Bertz CT molecular complexity index is 932. The summed E-state index contributed by atoms with van der Waals surface area (Å²) >= 11 is 0. The first-order valence-corrected chi connectivity index (χ1v) is 8.62. The molecule has 0 aliphatic carbocycles. The standard InChI is InChI=1S/C18H20N6O2/c1-23-12-18(21-22-23)13-2-3-17-14(8-13)9-15(19-20-17)10-16(25)11-24-4-6-26-7-5-24/h2-3,8-9,12H,4-7,10-11H2,1H3. The van der Waals surface area contributed by atoms with E-state index in [1.807, 2.05) is 37.5 Å². The van der Waals surface area contributed by atoms with Crippen molar-refractivity contribution in [3.8, 4) is 11.3 Å². The number of carbonyl (C=O) groups is 1. The highest BCUT2D eigenvalue weighted by molar-refractivity contribution is 5.86. The van der Waals surface area contributed by atoms with E-state index in [9.17, 15) is 4.79 Å². The lowest BCUT2D eigenvalue weighted by Crippen LogP contribution is -2.40. The van der Waals surface area contributed by atoms with Gasteiger partial charge in [0.05, 0.1) is 43.6 Å². The molecule has 26 heavy (non-hydrogen) atoms. The van der Waals surface area contributed by atoms with Gasteiger partial charge in [0.25, 0.3) is 0 Å². The number of Topliss-reactive ketones (excluding diaryl/α,β-unsaturated/α-hetero) is 1. The summed E-state index contributed by atoms with van der Waals surface area (Å²) in [5.41, 5.74) is 3.24. The van der Waals surface area contributed by atoms with Crippen LogP contribution in [0.15, 0.2) is 30.5 Å². The fourth-order valence-corrected chi connectivity index (χ4v) is 3.08. The highest BCUT2D eigenvalue weighted by Crippen LogP contribution is 2.21. The highest BCUT2D eigenvalue weighted by Gasteiger charge is 2.15. The molecule has 8 heteroatoms. The molecule has 1 aliphatic heterocycles. The van der Waals surface area contributed by atoms with Crippen LogP contribution in [0.3, 0.4) is 0 Å². The molecule has 3 heterocycles. The zero-order valence-corrected chi connectivity index (χ0v) is 14.6. The number of aromatic nitrogens is 5. The molecule has 0 saturated carbocycles. The Hall–Kier alpha value is -2.71. The third-order valence-electron chi connectivity index (χ3n) is 4.42. The molecule has 1 saturated heterocycles. The fraction of sp³-hybridized carbons (Fsp3) is 0.389. The van der Waals surface area contributed by atoms with Crippen LogP contribution in [0.25, 0.3) is 22.2 Å². The molecule has 1 fully saturated rings. The summed E-state index contributed by atoms with van der Waals surface area (Å²) in [7, 11) is 1.83. The molecule has 0 bridgehead atoms. The quantitative estimate of drug-likeness (QED) is 0.673. The van der Waals surface area contributed by atoms with Crippen LogP contribution in [-0.2, 0) is 23.0 Å². The molecule has 0 N–H and O–H groups in total. The fourth-order valence-electron chi connectivity index (χ4n) is 3.08. The summed E-state index contributed by atoms with van der Waals surface area (Å²) in [5.74, 6) is 0.144. The van der Waals surface area contributed by atoms with Crippen molar-refractivity contribution in [2.45, 2.75) is 6.42 Å². The second-order valence-corrected chi connectivity index (χ2v) is 6.49. The molecule has 4 rings (SSSR count). The van der Waals surface area contributed by atoms with Gasteiger partial charge in [-0.2, -0.15) is 10.2 Å². The molecule has 0 atom stereocenters. The van der Waals surface area contributed by atoms with E-state index in [1.54, 1.807) is 4.68 Å². The van der Waals surface area contributed by atoms with Crippen LogP contribution >= 0.6 is 0 Å². The number of aryl methyl sites for hydroxylation is 1. The molecule has 134 valence electrons. The highest BCUT2D eigenvalue weighted by atomic mass is 16.5. The summed E-state index contributed by atoms with van der Waals surface area (Å²) in [5, 5.41) is 17.5. The second kappa shape index (κ2) is 7.27. The monoisotopic (exact) mass is 352 g/mol. The molecule has 3 aromatic rings. The van der Waals surface area contributed by atoms with Crippen molar-refractivity contribution in [3.63, 3.8) is 0 Å². The van der Waals surface area contributed by atoms with Crippen LogP contribution < -0.4 is 0 Å². The number of morpholine rings is 1. The van der Waals surface area contributed by atoms with E-state index < -0.39 is 0 Å². The second-order valence-electron chi connectivity index (χ2n) is 6.49. The van der Waals surface area contributed by atoms with Crippen LogP contribution in [0.4, 0.5) is 0 Å². The first-order chi connectivity index (χ1) is 12.7. The van der Waals surface area contributed by atoms with Gasteiger partial charge in [0.1, 0.15) is 5.69 Å². The Kier molecular flexibility index (Phi) is 4.68. The SMILES string of the molecule is Cn1cc(-c2ccc3nnc(CC(=O)CN4CCOCC4)cc3c2)nn1. The van der Waals surface area contributed by atoms with Crippen molar-refractivity contribution in [2.75, 3.05) is 32.8 Å². The van der Waals surface area contributed by atoms with Gasteiger partial charge in [0.15, 0.2) is 5.78 Å². The third kappa shape index (κ3) is 3.76. The molecule has 0 spiro atoms. The number of hydrogen-bond donors (Lipinski definition) is 0. The molecule has 1 aromatic carbocycles. The lowest BCUT2D eigenvalue weighted by molar-refractivity contribution is -0.120. The van der Waals surface area contributed by atoms with E-state index in [0.29, 0.717) is 25.5 Å². The molecular formula is C18H20N6O2. The number of carbonyl (C=O) groups excluding carboxylic acids is 1. The Morgan fingerprint density at radius 3 is 2.77 bits per heavy atom. The van der Waals surface area contributed by atoms with E-state index in [-0.39, 0.29) is 12.2 Å². The average molecular weight is 352 g/mol. The van der Waals surface area contributed by atoms with Crippen LogP contribution in [0, 0.1) is 0 Å². The van der Waals surface area contributed by atoms with Crippen molar-refractivity contribution in [3.05, 3.63) is 36.2 Å². The maximum Gasteiger partial charge on any atom is 0.152 e. The van der Waals surface area contributed by atoms with E-state index in [1.165, 1.54) is 0 Å². The molecule has 0 amide bonds. The first kappa shape index (κ1) is 16.7. The van der Waals surface area contributed by atoms with Gasteiger partial charge in [-0.25, -0.2) is 0 Å². The molecule has 2 aromatic heterocycles. The molecular weight excluding hydrogens is 332 g/mol. The number of fused-ring (bicyclic) bond motifs is 1. The van der Waals surface area contributed by atoms with Crippen molar-refractivity contribution in [2.24, 2.45) is 7.05 Å². The molecule has 0 radical (unpaired) electrons. The largest absolute Gasteiger partial charge is 0.379 e. The summed E-state index contributed by atoms with van der Waals surface area (Å²) in [6, 6.07) is 7.79. The van der Waals surface area contributed by atoms with E-state index >= 15 is 0 Å². The van der Waals surface area contributed by atoms with Crippen LogP contribution in [0.2, 0.25) is 0 Å². The Balaban J connectivity index is 1.51. The van der Waals surface area contributed by atoms with E-state index in [2.05, 4.69) is 25.4 Å². The normalized spacial score (nSPS) is 15.4. The van der Waals surface area contributed by atoms with Crippen molar-refractivity contribution >= 4 is 16.7 Å². The number of benzene rings is 1. The average Bonchev–Trinajstić information content (AvgIpc) is 3.08. The zero-order valence-electron chi connectivity index (χ0n) is 14.6. The maximum absolute atomic E-state index is 12.3. The van der Waals surface area contributed by atoms with Crippen LogP contribution in [0.5, 0.6) is 0 Å². The Morgan fingerprint density at radius 1 is 1.15 bits per heavy atom. The van der Waals surface area contributed by atoms with Crippen LogP contribution in [0.1, 0.15) is 5.69 Å². The summed E-state index contributed by atoms with van der Waals surface area (Å²) in [4.78, 5) is 14.5. The molecule has 1 aliphatic rings. The minimum Gasteiger partial charge on any atom is -0.379 e. The van der Waals surface area contributed by atoms with Crippen molar-refractivity contribution in [1.82, 2.24) is 30.1 Å². The van der Waals surface area contributed by atoms with Crippen LogP contribution in [-0.4, -0.2) is 68.7 Å². The van der Waals surface area contributed by atoms with E-state index in [4.69, 9.17) is 4.74 Å². The predicted octanol–water partition coefficient (Wildman–Crippen LogP) is 0.869. The summed E-state index contributed by atoms with van der Waals surface area (Å²) in [6.45, 7) is 3.42. The minimum atomic E-state index is 0.144. The summed E-state index contributed by atoms with van der Waals surface area (Å²) < 4.78 is 6.98. The van der Waals surface area contributed by atoms with Crippen molar-refractivity contribution < 1.29 is 9.53 Å². The molecule has 0 unspecified atom stereocenters. The lowest BCUT2D eigenvalue weighted by atomic mass is 10.1. The van der Waals surface area contributed by atoms with Gasteiger partial charge in [0.2, 0.25) is 0 Å². The predicted molar refractivity (Wildman–Crippen MR) is 95.5 cm³/mol. The van der Waals surface area contributed by atoms with E-state index in [0.717, 1.165) is 35.2 Å². The van der Waals surface area contributed by atoms with Gasteiger partial charge in [-0.3, -0.25) is 14.4 Å². The first-order valence-electron chi connectivity index (χ1n) is 8.62.